The minimum absolute atomic E-state index is 0.101. The minimum Gasteiger partial charge on any atom is -0.507 e. The van der Waals surface area contributed by atoms with Crippen LogP contribution in [0.25, 0.3) is 0 Å². The molecule has 58 heavy (non-hydrogen) atoms. The molecule has 6 rings (SSSR count). The number of anilines is 6. The van der Waals surface area contributed by atoms with Crippen molar-refractivity contribution in [3.63, 3.8) is 0 Å². The number of carbonyl (C=O) groups excluding carboxylic acids is 2. The Morgan fingerprint density at radius 3 is 1.03 bits per heavy atom. The van der Waals surface area contributed by atoms with Gasteiger partial charge in [0.2, 0.25) is 11.6 Å². The summed E-state index contributed by atoms with van der Waals surface area (Å²) in [6.07, 6.45) is 0. The van der Waals surface area contributed by atoms with Crippen LogP contribution >= 0.6 is 0 Å². The van der Waals surface area contributed by atoms with Gasteiger partial charge < -0.3 is 54.6 Å². The van der Waals surface area contributed by atoms with Crippen molar-refractivity contribution in [1.82, 2.24) is 0 Å². The molecule has 0 atom stereocenters. The number of phenolic OH excluding ortho intramolecular Hbond substituents is 2. The predicted molar refractivity (Wildman–Crippen MR) is 219 cm³/mol. The Morgan fingerprint density at radius 1 is 0.414 bits per heavy atom. The molecule has 0 spiro atoms. The van der Waals surface area contributed by atoms with Gasteiger partial charge in [0.25, 0.3) is 0 Å². The number of hydrogen-bond acceptors (Lipinski definition) is 13. The molecule has 0 aromatic heterocycles. The second-order valence-electron chi connectivity index (χ2n) is 12.6. The van der Waals surface area contributed by atoms with Gasteiger partial charge in [0, 0.05) is 0 Å². The van der Waals surface area contributed by atoms with Crippen LogP contribution in [-0.4, -0.2) is 61.4 Å². The molecule has 0 amide bonds. The maximum atomic E-state index is 18.0. The van der Waals surface area contributed by atoms with Crippen LogP contribution in [-0.2, 0) is 0 Å². The van der Waals surface area contributed by atoms with Crippen LogP contribution in [0, 0.1) is 5.82 Å². The zero-order chi connectivity index (χ0) is 41.5. The number of hydrogen-bond donors (Lipinski definition) is 5. The highest BCUT2D eigenvalue weighted by Gasteiger charge is 2.42. The number of halogens is 1. The van der Waals surface area contributed by atoms with E-state index in [1.807, 2.05) is 0 Å². The standard InChI is InChI=1S/C44H46FN3O10/c1-7-53-26-16-13-17-27(54-8-2)37(26)46-40-35-34(43(51)32-24(49)22-23-25(50)33(32)44(35)52)36(45)41(47-38-28(55-9-3)18-14-19-29(38)56-10-4)42(40)48-39-30(57-11-5)20-15-21-31(39)58-12-6/h13-23,46-50H,7-12H2,1-6H3. The number of fused-ring (bicyclic) bond motifs is 2. The lowest BCUT2D eigenvalue weighted by Gasteiger charge is -2.29. The molecule has 0 radical (unpaired) electrons. The van der Waals surface area contributed by atoms with Crippen molar-refractivity contribution in [3.05, 3.63) is 94.8 Å². The summed E-state index contributed by atoms with van der Waals surface area (Å²) < 4.78 is 54.0. The number of rotatable bonds is 18. The molecule has 0 aliphatic heterocycles. The Hall–Kier alpha value is -6.83. The lowest BCUT2D eigenvalue weighted by molar-refractivity contribution is 0.0971. The molecule has 1 aliphatic carbocycles. The van der Waals surface area contributed by atoms with Gasteiger partial charge in [0.05, 0.1) is 73.3 Å². The van der Waals surface area contributed by atoms with Gasteiger partial charge in [-0.25, -0.2) is 4.39 Å². The number of benzene rings is 5. The molecule has 0 heterocycles. The van der Waals surface area contributed by atoms with Crippen LogP contribution in [0.5, 0.6) is 46.0 Å². The Morgan fingerprint density at radius 2 is 0.707 bits per heavy atom. The molecule has 0 fully saturated rings. The van der Waals surface area contributed by atoms with E-state index in [9.17, 15) is 19.8 Å². The van der Waals surface area contributed by atoms with E-state index in [4.69, 9.17) is 28.4 Å². The molecule has 5 N–H and O–H groups in total. The molecule has 0 unspecified atom stereocenters. The van der Waals surface area contributed by atoms with Crippen molar-refractivity contribution in [2.75, 3.05) is 55.6 Å². The van der Waals surface area contributed by atoms with Gasteiger partial charge in [-0.3, -0.25) is 9.59 Å². The molecule has 5 aromatic rings. The van der Waals surface area contributed by atoms with E-state index < -0.39 is 51.1 Å². The topological polar surface area (TPSA) is 166 Å². The third-order valence-electron chi connectivity index (χ3n) is 9.02. The molecular formula is C44H46FN3O10. The molecular weight excluding hydrogens is 749 g/mol. The highest BCUT2D eigenvalue weighted by atomic mass is 19.1. The van der Waals surface area contributed by atoms with E-state index in [2.05, 4.69) is 16.0 Å². The SMILES string of the molecule is CCOc1cccc(OCC)c1Nc1c(F)c2c(c(Nc3c(OCC)cccc3OCC)c1Nc1c(OCC)cccc1OCC)C(=O)c1c(O)ccc(O)c1C2=O. The second kappa shape index (κ2) is 18.0. The summed E-state index contributed by atoms with van der Waals surface area (Å²) >= 11 is 0. The molecule has 0 saturated carbocycles. The average Bonchev–Trinajstić information content (AvgIpc) is 3.20. The third-order valence-corrected chi connectivity index (χ3v) is 9.02. The molecule has 1 aliphatic rings. The first-order valence-corrected chi connectivity index (χ1v) is 19.1. The molecule has 14 heteroatoms. The lowest BCUT2D eigenvalue weighted by atomic mass is 9.80. The summed E-state index contributed by atoms with van der Waals surface area (Å²) in [5.74, 6) is -2.50. The van der Waals surface area contributed by atoms with Crippen LogP contribution < -0.4 is 44.4 Å². The van der Waals surface area contributed by atoms with E-state index in [-0.39, 0.29) is 73.8 Å². The fraction of sp³-hybridized carbons (Fsp3) is 0.273. The van der Waals surface area contributed by atoms with Crippen LogP contribution in [0.15, 0.2) is 66.7 Å². The van der Waals surface area contributed by atoms with Crippen LogP contribution in [0.3, 0.4) is 0 Å². The Balaban J connectivity index is 1.79. The number of ether oxygens (including phenoxy) is 6. The van der Waals surface area contributed by atoms with E-state index >= 15 is 4.39 Å². The van der Waals surface area contributed by atoms with E-state index in [1.54, 1.807) is 96.1 Å². The molecule has 5 aromatic carbocycles. The number of ketones is 2. The van der Waals surface area contributed by atoms with Crippen molar-refractivity contribution in [3.8, 4) is 46.0 Å². The number of para-hydroxylation sites is 3. The van der Waals surface area contributed by atoms with Gasteiger partial charge in [-0.2, -0.15) is 0 Å². The van der Waals surface area contributed by atoms with Gasteiger partial charge in [-0.1, -0.05) is 18.2 Å². The summed E-state index contributed by atoms with van der Waals surface area (Å²) in [4.78, 5) is 29.5. The Kier molecular flexibility index (Phi) is 12.6. The van der Waals surface area contributed by atoms with Gasteiger partial charge in [0.1, 0.15) is 68.7 Å². The normalized spacial score (nSPS) is 11.6. The zero-order valence-corrected chi connectivity index (χ0v) is 33.1. The number of phenols is 2. The first-order valence-electron chi connectivity index (χ1n) is 19.1. The summed E-state index contributed by atoms with van der Waals surface area (Å²) in [6.45, 7) is 12.3. The lowest BCUT2D eigenvalue weighted by Crippen LogP contribution is -2.26. The fourth-order valence-electron chi connectivity index (χ4n) is 6.75. The molecule has 0 saturated heterocycles. The predicted octanol–water partition coefficient (Wildman–Crippen LogP) is 9.64. The number of aromatic hydroxyl groups is 2. The monoisotopic (exact) mass is 795 g/mol. The summed E-state index contributed by atoms with van der Waals surface area (Å²) in [5, 5.41) is 31.8. The van der Waals surface area contributed by atoms with Crippen LogP contribution in [0.4, 0.5) is 38.5 Å². The van der Waals surface area contributed by atoms with Crippen LogP contribution in [0.2, 0.25) is 0 Å². The fourth-order valence-corrected chi connectivity index (χ4v) is 6.75. The Bertz CT molecular complexity index is 2280. The van der Waals surface area contributed by atoms with E-state index in [0.717, 1.165) is 12.1 Å². The van der Waals surface area contributed by atoms with E-state index in [0.29, 0.717) is 34.5 Å². The van der Waals surface area contributed by atoms with Crippen LogP contribution in [0.1, 0.15) is 73.4 Å². The first-order chi connectivity index (χ1) is 28.1. The van der Waals surface area contributed by atoms with Crippen molar-refractivity contribution >= 4 is 45.7 Å². The first kappa shape index (κ1) is 40.8. The largest absolute Gasteiger partial charge is 0.507 e. The summed E-state index contributed by atoms with van der Waals surface area (Å²) in [5.41, 5.74) is -2.03. The van der Waals surface area contributed by atoms with Gasteiger partial charge in [-0.05, 0) is 90.1 Å². The smallest absolute Gasteiger partial charge is 0.201 e. The molecule has 13 nitrogen and oxygen atoms in total. The van der Waals surface area contributed by atoms with Crippen molar-refractivity contribution < 1.29 is 52.6 Å². The van der Waals surface area contributed by atoms with Gasteiger partial charge in [0.15, 0.2) is 5.82 Å². The van der Waals surface area contributed by atoms with Crippen molar-refractivity contribution in [1.29, 1.82) is 0 Å². The second-order valence-corrected chi connectivity index (χ2v) is 12.6. The zero-order valence-electron chi connectivity index (χ0n) is 33.1. The minimum atomic E-state index is -1.17. The summed E-state index contributed by atoms with van der Waals surface area (Å²) in [7, 11) is 0. The maximum Gasteiger partial charge on any atom is 0.201 e. The number of carbonyl (C=O) groups is 2. The third kappa shape index (κ3) is 7.64. The quantitative estimate of drug-likeness (QED) is 0.0523. The highest BCUT2D eigenvalue weighted by molar-refractivity contribution is 6.33. The van der Waals surface area contributed by atoms with Crippen molar-refractivity contribution in [2.45, 2.75) is 41.5 Å². The molecule has 0 bridgehead atoms. The van der Waals surface area contributed by atoms with Gasteiger partial charge in [-0.15, -0.1) is 0 Å². The summed E-state index contributed by atoms with van der Waals surface area (Å²) in [6, 6.07) is 17.5. The van der Waals surface area contributed by atoms with Crippen molar-refractivity contribution in [2.24, 2.45) is 0 Å². The maximum absolute atomic E-state index is 18.0. The van der Waals surface area contributed by atoms with E-state index in [1.165, 1.54) is 0 Å². The van der Waals surface area contributed by atoms with Gasteiger partial charge >= 0.3 is 0 Å². The Labute approximate surface area is 335 Å². The molecule has 304 valence electrons. The average molecular weight is 796 g/mol. The highest BCUT2D eigenvalue weighted by Crippen LogP contribution is 2.53. The number of nitrogens with one attached hydrogen (secondary N) is 3.